The van der Waals surface area contributed by atoms with Gasteiger partial charge in [-0.3, -0.25) is 4.79 Å². The minimum absolute atomic E-state index is 0.411. The molecule has 0 aliphatic rings. The zero-order valence-corrected chi connectivity index (χ0v) is 6.21. The number of nitrogens with one attached hydrogen (secondary N) is 1. The number of hydrogen-bond donors (Lipinski definition) is 1. The van der Waals surface area contributed by atoms with E-state index in [4.69, 9.17) is 11.6 Å². The van der Waals surface area contributed by atoms with Gasteiger partial charge in [0.05, 0.1) is 0 Å². The molecule has 5 heteroatoms. The third-order valence-electron chi connectivity index (χ3n) is 1.09. The first-order valence-electron chi connectivity index (χ1n) is 2.83. The molecule has 0 aliphatic carbocycles. The molecule has 1 N–H and O–H groups in total. The Morgan fingerprint density at radius 3 is 2.82 bits per heavy atom. The van der Waals surface area contributed by atoms with E-state index in [1.165, 1.54) is 18.5 Å². The van der Waals surface area contributed by atoms with E-state index < -0.39 is 11.2 Å². The van der Waals surface area contributed by atoms with Gasteiger partial charge in [0, 0.05) is 24.0 Å². The largest absolute Gasteiger partial charge is 0.332 e. The van der Waals surface area contributed by atoms with E-state index in [0.717, 1.165) is 10.1 Å². The summed E-state index contributed by atoms with van der Waals surface area (Å²) in [5, 5.41) is 0. The summed E-state index contributed by atoms with van der Waals surface area (Å²) in [5.74, 6) is 0. The van der Waals surface area contributed by atoms with Crippen LogP contribution in [0.15, 0.2) is 27.4 Å². The van der Waals surface area contributed by atoms with Crippen molar-refractivity contribution in [1.29, 1.82) is 0 Å². The van der Waals surface area contributed by atoms with Crippen LogP contribution >= 0.6 is 11.6 Å². The molecule has 0 fully saturated rings. The summed E-state index contributed by atoms with van der Waals surface area (Å²) in [6, 6.07) is 1.23. The maximum atomic E-state index is 10.9. The lowest BCUT2D eigenvalue weighted by atomic mass is 10.6. The molecule has 58 valence electrons. The van der Waals surface area contributed by atoms with Gasteiger partial charge in [-0.1, -0.05) is 11.6 Å². The second kappa shape index (κ2) is 3.21. The number of aromatic amines is 1. The molecular formula is C6H5ClN2O2. The first-order chi connectivity index (χ1) is 5.25. The van der Waals surface area contributed by atoms with Gasteiger partial charge in [0.25, 0.3) is 5.56 Å². The summed E-state index contributed by atoms with van der Waals surface area (Å²) in [4.78, 5) is 24.0. The van der Waals surface area contributed by atoms with Crippen LogP contribution in [0.5, 0.6) is 0 Å². The van der Waals surface area contributed by atoms with Crippen LogP contribution in [-0.2, 0) is 0 Å². The summed E-state index contributed by atoms with van der Waals surface area (Å²) >= 11 is 5.19. The fraction of sp³-hybridized carbons (Fsp3) is 0. The van der Waals surface area contributed by atoms with Gasteiger partial charge in [-0.15, -0.1) is 0 Å². The number of halogens is 1. The average Bonchev–Trinajstić information content (AvgIpc) is 1.97. The molecule has 1 aromatic rings. The fourth-order valence-corrected chi connectivity index (χ4v) is 0.744. The maximum Gasteiger partial charge on any atom is 0.332 e. The average molecular weight is 173 g/mol. The lowest BCUT2D eigenvalue weighted by Gasteiger charge is -1.91. The molecule has 0 bridgehead atoms. The molecule has 1 aromatic heterocycles. The van der Waals surface area contributed by atoms with Crippen LogP contribution in [0.4, 0.5) is 0 Å². The highest BCUT2D eigenvalue weighted by Crippen LogP contribution is 1.78. The summed E-state index contributed by atoms with van der Waals surface area (Å²) < 4.78 is 0.868. The zero-order chi connectivity index (χ0) is 8.27. The van der Waals surface area contributed by atoms with Crippen molar-refractivity contribution in [2.75, 3.05) is 0 Å². The monoisotopic (exact) mass is 172 g/mol. The van der Waals surface area contributed by atoms with Crippen LogP contribution in [0.25, 0.3) is 6.20 Å². The smallest absolute Gasteiger partial charge is 0.314 e. The Hall–Kier alpha value is -1.29. The van der Waals surface area contributed by atoms with Crippen molar-refractivity contribution >= 4 is 17.8 Å². The highest BCUT2D eigenvalue weighted by atomic mass is 35.5. The van der Waals surface area contributed by atoms with Gasteiger partial charge >= 0.3 is 5.69 Å². The molecule has 0 unspecified atom stereocenters. The van der Waals surface area contributed by atoms with Crippen molar-refractivity contribution in [2.24, 2.45) is 0 Å². The first-order valence-corrected chi connectivity index (χ1v) is 3.26. The number of hydrogen-bond acceptors (Lipinski definition) is 2. The van der Waals surface area contributed by atoms with Gasteiger partial charge in [-0.05, 0) is 0 Å². The Morgan fingerprint density at radius 1 is 1.55 bits per heavy atom. The van der Waals surface area contributed by atoms with Crippen molar-refractivity contribution in [3.63, 3.8) is 0 Å². The molecule has 0 radical (unpaired) electrons. The maximum absolute atomic E-state index is 10.9. The molecule has 0 saturated heterocycles. The SMILES string of the molecule is O=c1cc[nH]c(=O)n1C=CCl. The number of aromatic nitrogens is 2. The Bertz CT molecular complexity index is 348. The van der Waals surface area contributed by atoms with Gasteiger partial charge in [0.15, 0.2) is 0 Å². The van der Waals surface area contributed by atoms with Crippen molar-refractivity contribution in [3.8, 4) is 0 Å². The number of nitrogens with zero attached hydrogens (tertiary/aromatic N) is 1. The summed E-state index contributed by atoms with van der Waals surface area (Å²) in [5.41, 5.74) is 0.177. The second-order valence-electron chi connectivity index (χ2n) is 1.77. The van der Waals surface area contributed by atoms with Crippen LogP contribution in [0.3, 0.4) is 0 Å². The van der Waals surface area contributed by atoms with Gasteiger partial charge < -0.3 is 4.98 Å². The van der Waals surface area contributed by atoms with Crippen LogP contribution in [0.1, 0.15) is 0 Å². The standard InChI is InChI=1S/C6H5ClN2O2/c7-2-4-9-5(10)1-3-8-6(9)11/h1-4H,(H,8,11). The predicted octanol–water partition coefficient (Wildman–Crippen LogP) is 0.204. The highest BCUT2D eigenvalue weighted by molar-refractivity contribution is 6.26. The summed E-state index contributed by atoms with van der Waals surface area (Å²) in [6.45, 7) is 0. The van der Waals surface area contributed by atoms with Crippen LogP contribution in [-0.4, -0.2) is 9.55 Å². The molecule has 0 aliphatic heterocycles. The van der Waals surface area contributed by atoms with Crippen molar-refractivity contribution in [3.05, 3.63) is 38.6 Å². The van der Waals surface area contributed by atoms with E-state index >= 15 is 0 Å². The highest BCUT2D eigenvalue weighted by Gasteiger charge is 1.92. The molecule has 4 nitrogen and oxygen atoms in total. The van der Waals surface area contributed by atoms with Gasteiger partial charge in [-0.2, -0.15) is 0 Å². The molecule has 0 amide bonds. The lowest BCUT2D eigenvalue weighted by Crippen LogP contribution is -2.29. The third-order valence-corrected chi connectivity index (χ3v) is 1.21. The molecular weight excluding hydrogens is 168 g/mol. The predicted molar refractivity (Wildman–Crippen MR) is 42.5 cm³/mol. The minimum Gasteiger partial charge on any atom is -0.314 e. The van der Waals surface area contributed by atoms with Crippen molar-refractivity contribution < 1.29 is 0 Å². The zero-order valence-electron chi connectivity index (χ0n) is 5.45. The van der Waals surface area contributed by atoms with E-state index in [9.17, 15) is 9.59 Å². The van der Waals surface area contributed by atoms with E-state index in [2.05, 4.69) is 4.98 Å². The number of H-pyrrole nitrogens is 1. The number of rotatable bonds is 1. The Labute approximate surface area is 66.7 Å². The van der Waals surface area contributed by atoms with E-state index in [1.54, 1.807) is 0 Å². The van der Waals surface area contributed by atoms with Crippen LogP contribution < -0.4 is 11.2 Å². The third kappa shape index (κ3) is 1.59. The van der Waals surface area contributed by atoms with Crippen molar-refractivity contribution in [1.82, 2.24) is 9.55 Å². The Morgan fingerprint density at radius 2 is 2.27 bits per heavy atom. The Balaban J connectivity index is 3.45. The molecule has 11 heavy (non-hydrogen) atoms. The quantitative estimate of drug-likeness (QED) is 0.658. The van der Waals surface area contributed by atoms with Crippen LogP contribution in [0, 0.1) is 0 Å². The van der Waals surface area contributed by atoms with Crippen LogP contribution in [0.2, 0.25) is 0 Å². The fourth-order valence-electron chi connectivity index (χ4n) is 0.632. The van der Waals surface area contributed by atoms with E-state index in [-0.39, 0.29) is 0 Å². The Kier molecular flexibility index (Phi) is 2.28. The van der Waals surface area contributed by atoms with Crippen molar-refractivity contribution in [2.45, 2.75) is 0 Å². The normalized spacial score (nSPS) is 10.6. The molecule has 0 aromatic carbocycles. The molecule has 0 spiro atoms. The molecule has 1 heterocycles. The van der Waals surface area contributed by atoms with E-state index in [1.807, 2.05) is 0 Å². The van der Waals surface area contributed by atoms with Gasteiger partial charge in [0.2, 0.25) is 0 Å². The second-order valence-corrected chi connectivity index (χ2v) is 2.02. The summed E-state index contributed by atoms with van der Waals surface area (Å²) in [7, 11) is 0. The first kappa shape index (κ1) is 7.81. The molecule has 1 rings (SSSR count). The molecule has 0 saturated carbocycles. The van der Waals surface area contributed by atoms with E-state index in [0.29, 0.717) is 0 Å². The minimum atomic E-state index is -0.505. The van der Waals surface area contributed by atoms with Gasteiger partial charge in [0.1, 0.15) is 0 Å². The van der Waals surface area contributed by atoms with Gasteiger partial charge in [-0.25, -0.2) is 9.36 Å². The molecule has 0 atom stereocenters. The summed E-state index contributed by atoms with van der Waals surface area (Å²) in [6.07, 6.45) is 2.46. The lowest BCUT2D eigenvalue weighted by molar-refractivity contribution is 0.921. The topological polar surface area (TPSA) is 54.9 Å².